The second-order valence-corrected chi connectivity index (χ2v) is 5.09. The van der Waals surface area contributed by atoms with Crippen molar-refractivity contribution in [3.05, 3.63) is 66.0 Å². The Morgan fingerprint density at radius 1 is 1.14 bits per heavy atom. The molecule has 0 unspecified atom stereocenters. The van der Waals surface area contributed by atoms with Crippen molar-refractivity contribution in [3.63, 3.8) is 0 Å². The summed E-state index contributed by atoms with van der Waals surface area (Å²) in [5.74, 6) is -0.910. The number of carboxylic acid groups (broad SMARTS) is 1. The molecule has 0 bridgehead atoms. The standard InChI is InChI=1S/C12H11N.C5H11NO2/c1-2-6-11(7-3-1)10-12-8-4-5-9-13-12;1-3(2)4(6)5(7)8/h1-9H,10H2;3-4H,6H2,1-2H3,(H,7,8)/t;4-/m.0/s1. The zero-order chi connectivity index (χ0) is 15.7. The number of pyridine rings is 1. The molecule has 0 spiro atoms. The largest absolute Gasteiger partial charge is 0.480 e. The van der Waals surface area contributed by atoms with Crippen LogP contribution in [0.2, 0.25) is 0 Å². The number of aliphatic carboxylic acids is 1. The van der Waals surface area contributed by atoms with Gasteiger partial charge in [0.05, 0.1) is 0 Å². The van der Waals surface area contributed by atoms with Crippen LogP contribution in [-0.4, -0.2) is 22.1 Å². The highest BCUT2D eigenvalue weighted by Crippen LogP contribution is 2.05. The number of hydrogen-bond donors (Lipinski definition) is 2. The molecule has 1 atom stereocenters. The Kier molecular flexibility index (Phi) is 7.12. The molecule has 1 aromatic heterocycles. The first-order valence-corrected chi connectivity index (χ1v) is 6.93. The third-order valence-corrected chi connectivity index (χ3v) is 2.96. The SMILES string of the molecule is CC(C)[C@H](N)C(=O)O.c1ccc(Cc2ccccn2)cc1. The van der Waals surface area contributed by atoms with Crippen molar-refractivity contribution in [2.24, 2.45) is 11.7 Å². The highest BCUT2D eigenvalue weighted by atomic mass is 16.4. The average Bonchev–Trinajstić information content (AvgIpc) is 2.49. The van der Waals surface area contributed by atoms with E-state index >= 15 is 0 Å². The van der Waals surface area contributed by atoms with Crippen LogP contribution < -0.4 is 5.73 Å². The summed E-state index contributed by atoms with van der Waals surface area (Å²) in [6.07, 6.45) is 2.75. The molecule has 2 rings (SSSR count). The smallest absolute Gasteiger partial charge is 0.320 e. The fourth-order valence-corrected chi connectivity index (χ4v) is 1.59. The van der Waals surface area contributed by atoms with E-state index < -0.39 is 12.0 Å². The van der Waals surface area contributed by atoms with Gasteiger partial charge in [-0.1, -0.05) is 50.2 Å². The molecular formula is C17H22N2O2. The molecule has 0 amide bonds. The quantitative estimate of drug-likeness (QED) is 0.906. The molecule has 0 aliphatic carbocycles. The van der Waals surface area contributed by atoms with E-state index in [1.165, 1.54) is 5.56 Å². The summed E-state index contributed by atoms with van der Waals surface area (Å²) in [5, 5.41) is 8.23. The van der Waals surface area contributed by atoms with E-state index in [1.807, 2.05) is 30.5 Å². The van der Waals surface area contributed by atoms with Crippen LogP contribution in [0.4, 0.5) is 0 Å². The molecule has 0 saturated carbocycles. The van der Waals surface area contributed by atoms with Gasteiger partial charge in [0.1, 0.15) is 6.04 Å². The van der Waals surface area contributed by atoms with Gasteiger partial charge in [0.2, 0.25) is 0 Å². The Labute approximate surface area is 125 Å². The number of hydrogen-bond acceptors (Lipinski definition) is 3. The normalized spacial score (nSPS) is 11.4. The highest BCUT2D eigenvalue weighted by Gasteiger charge is 2.14. The molecule has 0 radical (unpaired) electrons. The van der Waals surface area contributed by atoms with Gasteiger partial charge in [0, 0.05) is 18.3 Å². The number of nitrogens with two attached hydrogens (primary N) is 1. The summed E-state index contributed by atoms with van der Waals surface area (Å²) in [6.45, 7) is 3.55. The topological polar surface area (TPSA) is 76.2 Å². The molecule has 0 aliphatic rings. The van der Waals surface area contributed by atoms with E-state index in [4.69, 9.17) is 10.8 Å². The fraction of sp³-hybridized carbons (Fsp3) is 0.294. The van der Waals surface area contributed by atoms with Crippen LogP contribution in [0.15, 0.2) is 54.7 Å². The van der Waals surface area contributed by atoms with Gasteiger partial charge in [-0.15, -0.1) is 0 Å². The average molecular weight is 286 g/mol. The minimum atomic E-state index is -0.931. The first-order valence-electron chi connectivity index (χ1n) is 6.93. The van der Waals surface area contributed by atoms with Crippen LogP contribution in [0.25, 0.3) is 0 Å². The van der Waals surface area contributed by atoms with E-state index in [1.54, 1.807) is 13.8 Å². The van der Waals surface area contributed by atoms with E-state index in [0.717, 1.165) is 12.1 Å². The zero-order valence-corrected chi connectivity index (χ0v) is 12.4. The number of nitrogens with zero attached hydrogens (tertiary/aromatic N) is 1. The first kappa shape index (κ1) is 16.9. The third kappa shape index (κ3) is 6.68. The summed E-state index contributed by atoms with van der Waals surface area (Å²) in [5.41, 5.74) is 7.59. The summed E-state index contributed by atoms with van der Waals surface area (Å²) in [4.78, 5) is 14.3. The fourth-order valence-electron chi connectivity index (χ4n) is 1.59. The number of carbonyl (C=O) groups is 1. The van der Waals surface area contributed by atoms with E-state index in [2.05, 4.69) is 29.2 Å². The lowest BCUT2D eigenvalue weighted by Gasteiger charge is -2.07. The predicted molar refractivity (Wildman–Crippen MR) is 83.9 cm³/mol. The minimum Gasteiger partial charge on any atom is -0.480 e. The molecule has 3 N–H and O–H groups in total. The second-order valence-electron chi connectivity index (χ2n) is 5.09. The van der Waals surface area contributed by atoms with Gasteiger partial charge >= 0.3 is 5.97 Å². The molecule has 0 saturated heterocycles. The van der Waals surface area contributed by atoms with Gasteiger partial charge in [-0.3, -0.25) is 9.78 Å². The molecule has 1 heterocycles. The van der Waals surface area contributed by atoms with Gasteiger partial charge < -0.3 is 10.8 Å². The second kappa shape index (κ2) is 8.87. The molecular weight excluding hydrogens is 264 g/mol. The highest BCUT2D eigenvalue weighted by molar-refractivity contribution is 5.73. The van der Waals surface area contributed by atoms with Crippen molar-refractivity contribution in [1.82, 2.24) is 4.98 Å². The minimum absolute atomic E-state index is 0.0208. The lowest BCUT2D eigenvalue weighted by molar-refractivity contribution is -0.139. The Morgan fingerprint density at radius 2 is 1.76 bits per heavy atom. The maximum Gasteiger partial charge on any atom is 0.320 e. The Balaban J connectivity index is 0.000000240. The Hall–Kier alpha value is -2.20. The molecule has 21 heavy (non-hydrogen) atoms. The summed E-state index contributed by atoms with van der Waals surface area (Å²) in [6, 6.07) is 15.7. The Bertz CT molecular complexity index is 490. The zero-order valence-electron chi connectivity index (χ0n) is 12.4. The number of rotatable bonds is 4. The number of carboxylic acids is 1. The van der Waals surface area contributed by atoms with Gasteiger partial charge in [0.15, 0.2) is 0 Å². The molecule has 4 heteroatoms. The van der Waals surface area contributed by atoms with Crippen LogP contribution in [0.1, 0.15) is 25.1 Å². The third-order valence-electron chi connectivity index (χ3n) is 2.96. The van der Waals surface area contributed by atoms with Crippen molar-refractivity contribution >= 4 is 5.97 Å². The summed E-state index contributed by atoms with van der Waals surface area (Å²) < 4.78 is 0. The molecule has 2 aromatic rings. The van der Waals surface area contributed by atoms with Gasteiger partial charge in [-0.05, 0) is 23.6 Å². The lowest BCUT2D eigenvalue weighted by atomic mass is 10.1. The van der Waals surface area contributed by atoms with Crippen molar-refractivity contribution in [2.45, 2.75) is 26.3 Å². The first-order chi connectivity index (χ1) is 10.0. The van der Waals surface area contributed by atoms with E-state index in [9.17, 15) is 4.79 Å². The van der Waals surface area contributed by atoms with Crippen molar-refractivity contribution in [3.8, 4) is 0 Å². The van der Waals surface area contributed by atoms with Gasteiger partial charge in [-0.2, -0.15) is 0 Å². The van der Waals surface area contributed by atoms with Crippen LogP contribution in [0.3, 0.4) is 0 Å². The molecule has 0 fully saturated rings. The van der Waals surface area contributed by atoms with E-state index in [-0.39, 0.29) is 5.92 Å². The predicted octanol–water partition coefficient (Wildman–Crippen LogP) is 2.73. The van der Waals surface area contributed by atoms with Crippen LogP contribution in [-0.2, 0) is 11.2 Å². The maximum atomic E-state index is 10.0. The van der Waals surface area contributed by atoms with Gasteiger partial charge in [-0.25, -0.2) is 0 Å². The van der Waals surface area contributed by atoms with Crippen molar-refractivity contribution in [1.29, 1.82) is 0 Å². The summed E-state index contributed by atoms with van der Waals surface area (Å²) >= 11 is 0. The molecule has 0 aliphatic heterocycles. The molecule has 112 valence electrons. The monoisotopic (exact) mass is 286 g/mol. The summed E-state index contributed by atoms with van der Waals surface area (Å²) in [7, 11) is 0. The van der Waals surface area contributed by atoms with Gasteiger partial charge in [0.25, 0.3) is 0 Å². The lowest BCUT2D eigenvalue weighted by Crippen LogP contribution is -2.34. The van der Waals surface area contributed by atoms with Crippen LogP contribution in [0.5, 0.6) is 0 Å². The maximum absolute atomic E-state index is 10.0. The Morgan fingerprint density at radius 3 is 2.19 bits per heavy atom. The number of benzene rings is 1. The van der Waals surface area contributed by atoms with Crippen LogP contribution in [0, 0.1) is 5.92 Å². The molecule has 1 aromatic carbocycles. The number of aromatic nitrogens is 1. The van der Waals surface area contributed by atoms with E-state index in [0.29, 0.717) is 0 Å². The van der Waals surface area contributed by atoms with Crippen molar-refractivity contribution < 1.29 is 9.90 Å². The van der Waals surface area contributed by atoms with Crippen molar-refractivity contribution in [2.75, 3.05) is 0 Å². The molecule has 4 nitrogen and oxygen atoms in total. The van der Waals surface area contributed by atoms with Crippen LogP contribution >= 0.6 is 0 Å².